The second-order valence-corrected chi connectivity index (χ2v) is 9.21. The third kappa shape index (κ3) is 6.29. The van der Waals surface area contributed by atoms with E-state index in [0.29, 0.717) is 22.2 Å². The molecule has 4 aromatic heterocycles. The molecule has 0 bridgehead atoms. The van der Waals surface area contributed by atoms with Gasteiger partial charge in [0.15, 0.2) is 6.10 Å². The molecule has 0 aromatic carbocycles. The van der Waals surface area contributed by atoms with Crippen LogP contribution in [0.1, 0.15) is 23.8 Å². The lowest BCUT2D eigenvalue weighted by Crippen LogP contribution is -2.45. The highest BCUT2D eigenvalue weighted by molar-refractivity contribution is 6.28. The molecule has 0 unspecified atom stereocenters. The monoisotopic (exact) mass is 578 g/mol. The maximum Gasteiger partial charge on any atom is 0.509 e. The second-order valence-electron chi connectivity index (χ2n) is 8.88. The van der Waals surface area contributed by atoms with Gasteiger partial charge in [-0.3, -0.25) is 9.97 Å². The van der Waals surface area contributed by atoms with E-state index in [1.807, 2.05) is 0 Å². The molecule has 41 heavy (non-hydrogen) atoms. The Morgan fingerprint density at radius 2 is 1.76 bits per heavy atom. The molecule has 2 N–H and O–H groups in total. The number of anilines is 1. The minimum Gasteiger partial charge on any atom is -0.430 e. The van der Waals surface area contributed by atoms with Crippen molar-refractivity contribution in [1.29, 1.82) is 0 Å². The highest BCUT2D eigenvalue weighted by Crippen LogP contribution is 2.41. The van der Waals surface area contributed by atoms with Crippen LogP contribution in [0.4, 0.5) is 15.4 Å². The van der Waals surface area contributed by atoms with Gasteiger partial charge in [-0.25, -0.2) is 14.6 Å². The third-order valence-corrected chi connectivity index (χ3v) is 6.38. The summed E-state index contributed by atoms with van der Waals surface area (Å²) >= 11 is 6.03. The van der Waals surface area contributed by atoms with Gasteiger partial charge in [0.05, 0.1) is 5.39 Å². The molecule has 5 rings (SSSR count). The number of carbonyl (C=O) groups excluding carboxylic acids is 2. The van der Waals surface area contributed by atoms with Gasteiger partial charge in [0, 0.05) is 48.5 Å². The summed E-state index contributed by atoms with van der Waals surface area (Å²) in [7, 11) is 0. The van der Waals surface area contributed by atoms with Crippen molar-refractivity contribution >= 4 is 40.8 Å². The first-order valence-electron chi connectivity index (χ1n) is 12.2. The Hall–Kier alpha value is -4.93. The molecule has 0 saturated carbocycles. The van der Waals surface area contributed by atoms with Crippen LogP contribution in [0.25, 0.3) is 11.0 Å². The zero-order valence-corrected chi connectivity index (χ0v) is 22.1. The van der Waals surface area contributed by atoms with Crippen LogP contribution in [0.5, 0.6) is 0 Å². The van der Waals surface area contributed by atoms with E-state index >= 15 is 0 Å². The van der Waals surface area contributed by atoms with Crippen LogP contribution in [0.3, 0.4) is 0 Å². The number of terminal acetylenes is 1. The van der Waals surface area contributed by atoms with E-state index < -0.39 is 36.9 Å². The summed E-state index contributed by atoms with van der Waals surface area (Å²) in [4.78, 5) is 41.2. The molecule has 5 heterocycles. The van der Waals surface area contributed by atoms with Crippen LogP contribution in [0.15, 0.2) is 61.3 Å². The summed E-state index contributed by atoms with van der Waals surface area (Å²) in [6, 6.07) is 8.57. The highest BCUT2D eigenvalue weighted by Gasteiger charge is 2.52. The zero-order valence-electron chi connectivity index (χ0n) is 21.4. The number of halogens is 1. The van der Waals surface area contributed by atoms with Crippen molar-refractivity contribution in [3.05, 3.63) is 77.7 Å². The minimum absolute atomic E-state index is 0.0472. The Morgan fingerprint density at radius 1 is 1.07 bits per heavy atom. The van der Waals surface area contributed by atoms with Crippen molar-refractivity contribution in [3.8, 4) is 12.3 Å². The normalized spacial score (nSPS) is 19.8. The number of nitrogens with zero attached hydrogens (tertiary/aromatic N) is 5. The molecule has 4 aromatic rings. The molecule has 0 amide bonds. The van der Waals surface area contributed by atoms with E-state index in [-0.39, 0.29) is 30.7 Å². The Morgan fingerprint density at radius 3 is 2.39 bits per heavy atom. The molecule has 3 atom stereocenters. The van der Waals surface area contributed by atoms with E-state index in [1.165, 1.54) is 0 Å². The van der Waals surface area contributed by atoms with Crippen LogP contribution in [0, 0.1) is 12.3 Å². The van der Waals surface area contributed by atoms with Crippen molar-refractivity contribution in [1.82, 2.24) is 24.5 Å². The van der Waals surface area contributed by atoms with Gasteiger partial charge in [0.1, 0.15) is 37.5 Å². The first kappa shape index (κ1) is 27.6. The molecule has 210 valence electrons. The zero-order chi connectivity index (χ0) is 28.8. The van der Waals surface area contributed by atoms with Crippen molar-refractivity contribution in [2.24, 2.45) is 0 Å². The lowest BCUT2D eigenvalue weighted by molar-refractivity contribution is -0.106. The van der Waals surface area contributed by atoms with Gasteiger partial charge >= 0.3 is 12.3 Å². The molecule has 1 aliphatic rings. The summed E-state index contributed by atoms with van der Waals surface area (Å²) in [5.74, 6) is 2.67. The fourth-order valence-corrected chi connectivity index (χ4v) is 4.39. The van der Waals surface area contributed by atoms with Crippen LogP contribution >= 0.6 is 11.6 Å². The minimum atomic E-state index is -1.70. The Kier molecular flexibility index (Phi) is 8.14. The molecule has 1 saturated heterocycles. The third-order valence-electron chi connectivity index (χ3n) is 6.21. The maximum absolute atomic E-state index is 12.7. The van der Waals surface area contributed by atoms with Gasteiger partial charge in [0.2, 0.25) is 10.9 Å². The summed E-state index contributed by atoms with van der Waals surface area (Å²) in [5, 5.41) is 0.461. The number of rotatable bonds is 8. The first-order chi connectivity index (χ1) is 19.9. The van der Waals surface area contributed by atoms with Crippen molar-refractivity contribution in [3.63, 3.8) is 0 Å². The van der Waals surface area contributed by atoms with Gasteiger partial charge in [-0.1, -0.05) is 18.1 Å². The number of ether oxygens (including phenoxy) is 5. The van der Waals surface area contributed by atoms with Gasteiger partial charge in [-0.2, -0.15) is 4.98 Å². The van der Waals surface area contributed by atoms with E-state index in [0.717, 1.165) is 0 Å². The molecule has 13 nitrogen and oxygen atoms in total. The predicted molar refractivity (Wildman–Crippen MR) is 143 cm³/mol. The average molecular weight is 579 g/mol. The van der Waals surface area contributed by atoms with Crippen molar-refractivity contribution in [2.45, 2.75) is 37.6 Å². The van der Waals surface area contributed by atoms with Crippen LogP contribution in [-0.2, 0) is 36.9 Å². The number of nitrogen functional groups attached to an aromatic ring is 1. The van der Waals surface area contributed by atoms with Gasteiger partial charge in [-0.15, -0.1) is 6.42 Å². The molecular weight excluding hydrogens is 556 g/mol. The van der Waals surface area contributed by atoms with Gasteiger partial charge in [0.25, 0.3) is 0 Å². The van der Waals surface area contributed by atoms with Crippen LogP contribution in [0.2, 0.25) is 5.28 Å². The second kappa shape index (κ2) is 12.1. The van der Waals surface area contributed by atoms with Gasteiger partial charge < -0.3 is 34.0 Å². The summed E-state index contributed by atoms with van der Waals surface area (Å²) < 4.78 is 29.1. The lowest BCUT2D eigenvalue weighted by atomic mass is 9.98. The molecule has 1 aliphatic heterocycles. The molecule has 1 fully saturated rings. The topological polar surface area (TPSA) is 163 Å². The Balaban J connectivity index is 1.33. The van der Waals surface area contributed by atoms with Crippen LogP contribution < -0.4 is 5.73 Å². The first-order valence-corrected chi connectivity index (χ1v) is 12.6. The summed E-state index contributed by atoms with van der Waals surface area (Å²) in [5.41, 5.74) is 5.96. The smallest absolute Gasteiger partial charge is 0.430 e. The Labute approximate surface area is 238 Å². The number of aromatic nitrogens is 5. The predicted octanol–water partition coefficient (Wildman–Crippen LogP) is 3.82. The standard InChI is InChI=1S/C27H23ClN6O7/c1-2-27(16-39-25(35)37-14-17-5-3-8-30-12-17)20(40-26(36)38-15-18-6-4-9-31-13-18)11-21(41-27)34-10-7-19-22(29)32-24(28)33-23(19)34/h1,3-10,12-13,20-21H,11,14-16H2,(H2,29,32,33)/t20-,21+,27+/m0/s1. The van der Waals surface area contributed by atoms with Gasteiger partial charge in [-0.05, 0) is 29.8 Å². The number of fused-ring (bicyclic) bond motifs is 1. The highest BCUT2D eigenvalue weighted by atomic mass is 35.5. The number of hydrogen-bond donors (Lipinski definition) is 1. The van der Waals surface area contributed by atoms with E-state index in [9.17, 15) is 9.59 Å². The van der Waals surface area contributed by atoms with E-state index in [1.54, 1.807) is 65.9 Å². The summed E-state index contributed by atoms with van der Waals surface area (Å²) in [6.07, 6.45) is 9.95. The quantitative estimate of drug-likeness (QED) is 0.183. The molecule has 14 heteroatoms. The SMILES string of the molecule is C#C[C@]1(COC(=O)OCc2cccnc2)O[C@@H](n2ccc3c(N)nc(Cl)nc32)C[C@@H]1OC(=O)OCc1cccnc1. The van der Waals surface area contributed by atoms with Crippen molar-refractivity contribution in [2.75, 3.05) is 12.3 Å². The molecular formula is C27H23ClN6O7. The lowest BCUT2D eigenvalue weighted by Gasteiger charge is -2.28. The summed E-state index contributed by atoms with van der Waals surface area (Å²) in [6.45, 7) is -0.651. The molecule has 0 radical (unpaired) electrons. The fourth-order valence-electron chi connectivity index (χ4n) is 4.22. The van der Waals surface area contributed by atoms with Crippen molar-refractivity contribution < 1.29 is 33.3 Å². The molecule has 0 aliphatic carbocycles. The molecule has 0 spiro atoms. The van der Waals surface area contributed by atoms with E-state index in [2.05, 4.69) is 25.9 Å². The number of carbonyl (C=O) groups is 2. The number of hydrogen-bond acceptors (Lipinski definition) is 12. The average Bonchev–Trinajstić information content (AvgIpc) is 3.57. The Bertz CT molecular complexity index is 1580. The number of nitrogens with two attached hydrogens (primary N) is 1. The number of pyridine rings is 2. The van der Waals surface area contributed by atoms with E-state index in [4.69, 9.17) is 47.4 Å². The maximum atomic E-state index is 12.7. The van der Waals surface area contributed by atoms with Crippen LogP contribution in [-0.4, -0.2) is 55.1 Å². The fraction of sp³-hybridized carbons (Fsp3) is 0.259. The largest absolute Gasteiger partial charge is 0.509 e.